The minimum Gasteiger partial charge on any atom is -0.451 e. The van der Waals surface area contributed by atoms with Gasteiger partial charge in [-0.1, -0.05) is 0 Å². The molecule has 19 heavy (non-hydrogen) atoms. The van der Waals surface area contributed by atoms with Gasteiger partial charge >= 0.3 is 0 Å². The van der Waals surface area contributed by atoms with Gasteiger partial charge in [0.1, 0.15) is 11.6 Å². The first-order valence-electron chi connectivity index (χ1n) is 6.30. The number of carbonyl (C=O) groups is 1. The summed E-state index contributed by atoms with van der Waals surface area (Å²) in [6.07, 6.45) is 0. The monoisotopic (exact) mass is 261 g/mol. The van der Waals surface area contributed by atoms with Crippen molar-refractivity contribution in [2.24, 2.45) is 0 Å². The fourth-order valence-corrected chi connectivity index (χ4v) is 1.89. The molecule has 0 bridgehead atoms. The molecule has 0 aliphatic rings. The van der Waals surface area contributed by atoms with Gasteiger partial charge in [0, 0.05) is 18.7 Å². The highest BCUT2D eigenvalue weighted by Gasteiger charge is 2.16. The van der Waals surface area contributed by atoms with Crippen LogP contribution < -0.4 is 0 Å². The zero-order chi connectivity index (χ0) is 13.8. The van der Waals surface area contributed by atoms with Crippen molar-refractivity contribution in [3.8, 4) is 11.3 Å². The summed E-state index contributed by atoms with van der Waals surface area (Å²) in [7, 11) is 0. The van der Waals surface area contributed by atoms with E-state index in [0.717, 1.165) is 5.56 Å². The van der Waals surface area contributed by atoms with Crippen LogP contribution in [0.25, 0.3) is 11.3 Å². The SMILES string of the molecule is CCN(CC)C(=O)c1ccc(-c2ccc(F)cc2)o1. The van der Waals surface area contributed by atoms with Gasteiger partial charge in [-0.3, -0.25) is 4.79 Å². The Morgan fingerprint density at radius 1 is 1.11 bits per heavy atom. The van der Waals surface area contributed by atoms with E-state index in [1.807, 2.05) is 13.8 Å². The summed E-state index contributed by atoms with van der Waals surface area (Å²) in [6, 6.07) is 9.36. The van der Waals surface area contributed by atoms with Gasteiger partial charge in [0.15, 0.2) is 5.76 Å². The van der Waals surface area contributed by atoms with Gasteiger partial charge in [-0.25, -0.2) is 4.39 Å². The van der Waals surface area contributed by atoms with Crippen molar-refractivity contribution in [3.63, 3.8) is 0 Å². The molecule has 3 nitrogen and oxygen atoms in total. The molecule has 0 atom stereocenters. The van der Waals surface area contributed by atoms with E-state index in [1.165, 1.54) is 12.1 Å². The van der Waals surface area contributed by atoms with Crippen LogP contribution in [0.3, 0.4) is 0 Å². The molecule has 100 valence electrons. The molecule has 0 spiro atoms. The molecule has 0 aliphatic carbocycles. The molecule has 0 saturated carbocycles. The lowest BCUT2D eigenvalue weighted by atomic mass is 10.2. The minimum atomic E-state index is -0.297. The third-order valence-corrected chi connectivity index (χ3v) is 3.00. The lowest BCUT2D eigenvalue weighted by Crippen LogP contribution is -2.30. The molecular formula is C15H16FNO2. The van der Waals surface area contributed by atoms with Crippen LogP contribution in [0, 0.1) is 5.82 Å². The number of furan rings is 1. The van der Waals surface area contributed by atoms with Crippen molar-refractivity contribution < 1.29 is 13.6 Å². The predicted molar refractivity (Wildman–Crippen MR) is 71.4 cm³/mol. The summed E-state index contributed by atoms with van der Waals surface area (Å²) in [5.74, 6) is 0.451. The Morgan fingerprint density at radius 3 is 2.32 bits per heavy atom. The van der Waals surface area contributed by atoms with Crippen molar-refractivity contribution >= 4 is 5.91 Å². The van der Waals surface area contributed by atoms with E-state index in [1.54, 1.807) is 29.2 Å². The highest BCUT2D eigenvalue weighted by Crippen LogP contribution is 2.23. The number of nitrogens with zero attached hydrogens (tertiary/aromatic N) is 1. The Kier molecular flexibility index (Phi) is 4.00. The topological polar surface area (TPSA) is 33.5 Å². The van der Waals surface area contributed by atoms with Crippen LogP contribution in [-0.4, -0.2) is 23.9 Å². The van der Waals surface area contributed by atoms with Crippen LogP contribution in [0.1, 0.15) is 24.4 Å². The second-order valence-corrected chi connectivity index (χ2v) is 4.15. The first-order chi connectivity index (χ1) is 9.15. The molecule has 1 aromatic heterocycles. The number of benzene rings is 1. The Morgan fingerprint density at radius 2 is 1.74 bits per heavy atom. The smallest absolute Gasteiger partial charge is 0.289 e. The molecule has 0 aliphatic heterocycles. The second kappa shape index (κ2) is 5.69. The largest absolute Gasteiger partial charge is 0.451 e. The molecule has 1 heterocycles. The molecule has 0 radical (unpaired) electrons. The summed E-state index contributed by atoms with van der Waals surface area (Å²) in [4.78, 5) is 13.8. The van der Waals surface area contributed by atoms with Gasteiger partial charge in [-0.15, -0.1) is 0 Å². The summed E-state index contributed by atoms with van der Waals surface area (Å²) >= 11 is 0. The molecule has 1 aromatic carbocycles. The number of halogens is 1. The third kappa shape index (κ3) is 2.84. The van der Waals surface area contributed by atoms with E-state index in [-0.39, 0.29) is 11.7 Å². The highest BCUT2D eigenvalue weighted by molar-refractivity contribution is 5.92. The average molecular weight is 261 g/mol. The van der Waals surface area contributed by atoms with Crippen molar-refractivity contribution in [2.75, 3.05) is 13.1 Å². The van der Waals surface area contributed by atoms with E-state index < -0.39 is 0 Å². The standard InChI is InChI=1S/C15H16FNO2/c1-3-17(4-2)15(18)14-10-9-13(19-14)11-5-7-12(16)8-6-11/h5-10H,3-4H2,1-2H3. The Hall–Kier alpha value is -2.10. The maximum Gasteiger partial charge on any atom is 0.289 e. The lowest BCUT2D eigenvalue weighted by molar-refractivity contribution is 0.0742. The Labute approximate surface area is 111 Å². The van der Waals surface area contributed by atoms with Crippen molar-refractivity contribution in [1.82, 2.24) is 4.90 Å². The molecule has 2 rings (SSSR count). The quantitative estimate of drug-likeness (QED) is 0.843. The van der Waals surface area contributed by atoms with E-state index in [0.29, 0.717) is 24.6 Å². The van der Waals surface area contributed by atoms with E-state index in [4.69, 9.17) is 4.42 Å². The fourth-order valence-electron chi connectivity index (χ4n) is 1.89. The summed E-state index contributed by atoms with van der Waals surface area (Å²) < 4.78 is 18.4. The summed E-state index contributed by atoms with van der Waals surface area (Å²) in [5, 5.41) is 0. The maximum atomic E-state index is 12.8. The molecule has 2 aromatic rings. The Balaban J connectivity index is 2.23. The molecule has 1 amide bonds. The van der Waals surface area contributed by atoms with Gasteiger partial charge in [0.2, 0.25) is 0 Å². The van der Waals surface area contributed by atoms with Crippen LogP contribution in [-0.2, 0) is 0 Å². The molecule has 0 fully saturated rings. The predicted octanol–water partition coefficient (Wildman–Crippen LogP) is 3.57. The molecular weight excluding hydrogens is 245 g/mol. The zero-order valence-corrected chi connectivity index (χ0v) is 11.0. The first-order valence-corrected chi connectivity index (χ1v) is 6.30. The number of carbonyl (C=O) groups excluding carboxylic acids is 1. The lowest BCUT2D eigenvalue weighted by Gasteiger charge is -2.16. The van der Waals surface area contributed by atoms with Crippen molar-refractivity contribution in [3.05, 3.63) is 48.0 Å². The first kappa shape index (κ1) is 13.3. The molecule has 0 N–H and O–H groups in total. The van der Waals surface area contributed by atoms with Crippen molar-refractivity contribution in [2.45, 2.75) is 13.8 Å². The van der Waals surface area contributed by atoms with Crippen LogP contribution in [0.5, 0.6) is 0 Å². The Bertz CT molecular complexity index is 556. The second-order valence-electron chi connectivity index (χ2n) is 4.15. The average Bonchev–Trinajstić information content (AvgIpc) is 2.90. The number of hydrogen-bond acceptors (Lipinski definition) is 2. The van der Waals surface area contributed by atoms with Gasteiger partial charge in [-0.2, -0.15) is 0 Å². The van der Waals surface area contributed by atoms with Crippen molar-refractivity contribution in [1.29, 1.82) is 0 Å². The molecule has 0 unspecified atom stereocenters. The zero-order valence-electron chi connectivity index (χ0n) is 11.0. The fraction of sp³-hybridized carbons (Fsp3) is 0.267. The van der Waals surface area contributed by atoms with Gasteiger partial charge in [0.25, 0.3) is 5.91 Å². The minimum absolute atomic E-state index is 0.127. The normalized spacial score (nSPS) is 10.5. The van der Waals surface area contributed by atoms with Gasteiger partial charge in [-0.05, 0) is 50.2 Å². The number of hydrogen-bond donors (Lipinski definition) is 0. The van der Waals surface area contributed by atoms with Crippen LogP contribution in [0.4, 0.5) is 4.39 Å². The molecule has 4 heteroatoms. The van der Waals surface area contributed by atoms with E-state index in [2.05, 4.69) is 0 Å². The number of amides is 1. The van der Waals surface area contributed by atoms with Crippen LogP contribution >= 0.6 is 0 Å². The van der Waals surface area contributed by atoms with Crippen LogP contribution in [0.15, 0.2) is 40.8 Å². The van der Waals surface area contributed by atoms with Crippen LogP contribution in [0.2, 0.25) is 0 Å². The third-order valence-electron chi connectivity index (χ3n) is 3.00. The molecule has 0 saturated heterocycles. The summed E-state index contributed by atoms with van der Waals surface area (Å²) in [5.41, 5.74) is 0.750. The number of rotatable bonds is 4. The highest BCUT2D eigenvalue weighted by atomic mass is 19.1. The van der Waals surface area contributed by atoms with Gasteiger partial charge in [0.05, 0.1) is 0 Å². The van der Waals surface area contributed by atoms with E-state index >= 15 is 0 Å². The van der Waals surface area contributed by atoms with Gasteiger partial charge < -0.3 is 9.32 Å². The van der Waals surface area contributed by atoms with E-state index in [9.17, 15) is 9.18 Å². The summed E-state index contributed by atoms with van der Waals surface area (Å²) in [6.45, 7) is 5.13. The maximum absolute atomic E-state index is 12.8.